The van der Waals surface area contributed by atoms with Crippen molar-refractivity contribution >= 4 is 11.9 Å². The van der Waals surface area contributed by atoms with Crippen LogP contribution in [0.2, 0.25) is 0 Å². The molecule has 1 saturated heterocycles. The molecule has 19 heavy (non-hydrogen) atoms. The van der Waals surface area contributed by atoms with E-state index >= 15 is 0 Å². The summed E-state index contributed by atoms with van der Waals surface area (Å²) in [5.74, 6) is -1.02. The second kappa shape index (κ2) is 5.42. The summed E-state index contributed by atoms with van der Waals surface area (Å²) in [5.41, 5.74) is 0.306. The Morgan fingerprint density at radius 1 is 1.53 bits per heavy atom. The molecule has 0 radical (unpaired) electrons. The number of hydrogen-bond acceptors (Lipinski definition) is 4. The summed E-state index contributed by atoms with van der Waals surface area (Å²) in [7, 11) is 0. The van der Waals surface area contributed by atoms with E-state index in [1.165, 1.54) is 6.39 Å². The van der Waals surface area contributed by atoms with Gasteiger partial charge in [0.05, 0.1) is 5.92 Å². The first-order valence-corrected chi connectivity index (χ1v) is 6.50. The van der Waals surface area contributed by atoms with Gasteiger partial charge in [-0.1, -0.05) is 6.92 Å². The number of piperidine rings is 1. The number of hydrogen-bond donors (Lipinski definition) is 1. The molecule has 0 aromatic carbocycles. The molecule has 6 nitrogen and oxygen atoms in total. The van der Waals surface area contributed by atoms with Crippen molar-refractivity contribution in [1.29, 1.82) is 0 Å². The molecule has 1 aromatic heterocycles. The third-order valence-corrected chi connectivity index (χ3v) is 3.66. The lowest BCUT2D eigenvalue weighted by molar-refractivity contribution is -0.143. The first kappa shape index (κ1) is 13.6. The number of aryl methyl sites for hydroxylation is 1. The van der Waals surface area contributed by atoms with E-state index < -0.39 is 11.9 Å². The van der Waals surface area contributed by atoms with E-state index in [1.54, 1.807) is 4.90 Å². The average Bonchev–Trinajstić information content (AvgIpc) is 2.86. The third kappa shape index (κ3) is 2.62. The highest BCUT2D eigenvalue weighted by Crippen LogP contribution is 2.24. The summed E-state index contributed by atoms with van der Waals surface area (Å²) < 4.78 is 5.16. The van der Waals surface area contributed by atoms with E-state index in [0.29, 0.717) is 30.7 Å². The fourth-order valence-corrected chi connectivity index (χ4v) is 2.42. The third-order valence-electron chi connectivity index (χ3n) is 3.66. The standard InChI is InChI=1S/C13H18N2O4/c1-3-10-11(14-7-19-10)12(16)15-6-9(13(17)18)5-4-8(15)2/h7-9H,3-6H2,1-2H3,(H,17,18). The van der Waals surface area contributed by atoms with Gasteiger partial charge >= 0.3 is 5.97 Å². The molecule has 0 bridgehead atoms. The number of carbonyl (C=O) groups excluding carboxylic acids is 1. The summed E-state index contributed by atoms with van der Waals surface area (Å²) in [5, 5.41) is 9.08. The summed E-state index contributed by atoms with van der Waals surface area (Å²) >= 11 is 0. The Labute approximate surface area is 111 Å². The van der Waals surface area contributed by atoms with Crippen molar-refractivity contribution in [2.24, 2.45) is 5.92 Å². The number of aliphatic carboxylic acids is 1. The number of aromatic nitrogens is 1. The normalized spacial score (nSPS) is 23.4. The summed E-state index contributed by atoms with van der Waals surface area (Å²) in [6, 6.07) is 0.0320. The van der Waals surface area contributed by atoms with Crippen LogP contribution < -0.4 is 0 Å². The minimum atomic E-state index is -0.847. The topological polar surface area (TPSA) is 83.6 Å². The van der Waals surface area contributed by atoms with Crippen molar-refractivity contribution in [2.75, 3.05) is 6.54 Å². The number of likely N-dealkylation sites (tertiary alicyclic amines) is 1. The molecule has 0 spiro atoms. The van der Waals surface area contributed by atoms with Crippen LogP contribution in [-0.4, -0.2) is 39.5 Å². The number of carboxylic acids is 1. The highest BCUT2D eigenvalue weighted by molar-refractivity contribution is 5.93. The molecule has 1 aliphatic rings. The van der Waals surface area contributed by atoms with Gasteiger partial charge in [-0.15, -0.1) is 0 Å². The van der Waals surface area contributed by atoms with Crippen LogP contribution in [0.1, 0.15) is 42.9 Å². The number of nitrogens with zero attached hydrogens (tertiary/aromatic N) is 2. The molecular weight excluding hydrogens is 248 g/mol. The van der Waals surface area contributed by atoms with Crippen LogP contribution in [0.15, 0.2) is 10.8 Å². The maximum atomic E-state index is 12.4. The Bertz CT molecular complexity index is 483. The molecule has 6 heteroatoms. The Morgan fingerprint density at radius 2 is 2.26 bits per heavy atom. The van der Waals surface area contributed by atoms with E-state index in [2.05, 4.69) is 4.98 Å². The van der Waals surface area contributed by atoms with Crippen LogP contribution >= 0.6 is 0 Å². The number of amides is 1. The van der Waals surface area contributed by atoms with Crippen LogP contribution in [0.5, 0.6) is 0 Å². The zero-order valence-electron chi connectivity index (χ0n) is 11.1. The van der Waals surface area contributed by atoms with Crippen molar-refractivity contribution in [3.63, 3.8) is 0 Å². The van der Waals surface area contributed by atoms with Gasteiger partial charge in [-0.2, -0.15) is 0 Å². The molecule has 1 aliphatic heterocycles. The molecule has 2 heterocycles. The minimum absolute atomic E-state index is 0.0320. The largest absolute Gasteiger partial charge is 0.481 e. The van der Waals surface area contributed by atoms with Gasteiger partial charge in [0, 0.05) is 19.0 Å². The van der Waals surface area contributed by atoms with Crippen LogP contribution in [-0.2, 0) is 11.2 Å². The summed E-state index contributed by atoms with van der Waals surface area (Å²) in [4.78, 5) is 29.1. The fraction of sp³-hybridized carbons (Fsp3) is 0.615. The highest BCUT2D eigenvalue weighted by Gasteiger charge is 2.34. The molecule has 0 saturated carbocycles. The molecule has 1 N–H and O–H groups in total. The Kier molecular flexibility index (Phi) is 3.87. The smallest absolute Gasteiger partial charge is 0.308 e. The van der Waals surface area contributed by atoms with E-state index in [-0.39, 0.29) is 18.5 Å². The van der Waals surface area contributed by atoms with E-state index in [4.69, 9.17) is 9.52 Å². The van der Waals surface area contributed by atoms with E-state index in [1.807, 2.05) is 13.8 Å². The summed E-state index contributed by atoms with van der Waals surface area (Å²) in [6.45, 7) is 4.06. The van der Waals surface area contributed by atoms with Gasteiger partial charge in [0.25, 0.3) is 5.91 Å². The highest BCUT2D eigenvalue weighted by atomic mass is 16.4. The van der Waals surface area contributed by atoms with Gasteiger partial charge in [-0.05, 0) is 19.8 Å². The molecular formula is C13H18N2O4. The predicted molar refractivity (Wildman–Crippen MR) is 66.7 cm³/mol. The quantitative estimate of drug-likeness (QED) is 0.897. The van der Waals surface area contributed by atoms with Gasteiger partial charge in [-0.25, -0.2) is 4.98 Å². The van der Waals surface area contributed by atoms with Gasteiger partial charge in [0.2, 0.25) is 0 Å². The average molecular weight is 266 g/mol. The zero-order chi connectivity index (χ0) is 14.0. The molecule has 1 aromatic rings. The van der Waals surface area contributed by atoms with Crippen LogP contribution in [0.3, 0.4) is 0 Å². The number of carbonyl (C=O) groups is 2. The Morgan fingerprint density at radius 3 is 2.89 bits per heavy atom. The van der Waals surface area contributed by atoms with Crippen LogP contribution in [0, 0.1) is 5.92 Å². The first-order chi connectivity index (χ1) is 9.04. The number of oxazole rings is 1. The second-order valence-corrected chi connectivity index (χ2v) is 4.90. The van der Waals surface area contributed by atoms with Crippen LogP contribution in [0.4, 0.5) is 0 Å². The number of carboxylic acid groups (broad SMARTS) is 1. The Hall–Kier alpha value is -1.85. The van der Waals surface area contributed by atoms with Crippen molar-refractivity contribution in [2.45, 2.75) is 39.2 Å². The lowest BCUT2D eigenvalue weighted by Crippen LogP contribution is -2.47. The zero-order valence-corrected chi connectivity index (χ0v) is 11.1. The number of rotatable bonds is 3. The summed E-state index contributed by atoms with van der Waals surface area (Å²) in [6.07, 6.45) is 3.16. The Balaban J connectivity index is 2.19. The molecule has 2 rings (SSSR count). The van der Waals surface area contributed by atoms with Crippen molar-refractivity contribution in [3.8, 4) is 0 Å². The molecule has 1 amide bonds. The molecule has 2 unspecified atom stereocenters. The first-order valence-electron chi connectivity index (χ1n) is 6.50. The van der Waals surface area contributed by atoms with Crippen molar-refractivity contribution < 1.29 is 19.1 Å². The monoisotopic (exact) mass is 266 g/mol. The molecule has 0 aliphatic carbocycles. The molecule has 1 fully saturated rings. The van der Waals surface area contributed by atoms with Crippen molar-refractivity contribution in [1.82, 2.24) is 9.88 Å². The van der Waals surface area contributed by atoms with E-state index in [0.717, 1.165) is 0 Å². The SMILES string of the molecule is CCc1ocnc1C(=O)N1CC(C(=O)O)CCC1C. The van der Waals surface area contributed by atoms with Crippen molar-refractivity contribution in [3.05, 3.63) is 17.8 Å². The predicted octanol–water partition coefficient (Wildman–Crippen LogP) is 1.56. The van der Waals surface area contributed by atoms with Crippen LogP contribution in [0.25, 0.3) is 0 Å². The van der Waals surface area contributed by atoms with Gasteiger partial charge in [0.15, 0.2) is 12.1 Å². The van der Waals surface area contributed by atoms with Gasteiger partial charge < -0.3 is 14.4 Å². The molecule has 2 atom stereocenters. The minimum Gasteiger partial charge on any atom is -0.481 e. The van der Waals surface area contributed by atoms with Gasteiger partial charge in [-0.3, -0.25) is 9.59 Å². The maximum absolute atomic E-state index is 12.4. The second-order valence-electron chi connectivity index (χ2n) is 4.90. The van der Waals surface area contributed by atoms with Gasteiger partial charge in [0.1, 0.15) is 5.76 Å². The maximum Gasteiger partial charge on any atom is 0.308 e. The fourth-order valence-electron chi connectivity index (χ4n) is 2.42. The van der Waals surface area contributed by atoms with E-state index in [9.17, 15) is 9.59 Å². The lowest BCUT2D eigenvalue weighted by atomic mass is 9.93. The lowest BCUT2D eigenvalue weighted by Gasteiger charge is -2.36. The molecule has 104 valence electrons.